The number of carbonyl (C=O) groups is 1. The molecule has 0 unspecified atom stereocenters. The number of aryl methyl sites for hydroxylation is 2. The zero-order chi connectivity index (χ0) is 15.7. The van der Waals surface area contributed by atoms with Crippen LogP contribution in [-0.4, -0.2) is 38.8 Å². The third-order valence-electron chi connectivity index (χ3n) is 3.62. The molecule has 114 valence electrons. The van der Waals surface area contributed by atoms with Crippen molar-refractivity contribution >= 4 is 11.9 Å². The van der Waals surface area contributed by atoms with Gasteiger partial charge in [0.1, 0.15) is 17.5 Å². The Morgan fingerprint density at radius 1 is 1.32 bits per heavy atom. The van der Waals surface area contributed by atoms with Crippen molar-refractivity contribution < 1.29 is 9.90 Å². The number of hydrogen-bond donors (Lipinski definition) is 3. The second-order valence-corrected chi connectivity index (χ2v) is 5.37. The molecule has 2 heterocycles. The zero-order valence-electron chi connectivity index (χ0n) is 12.4. The minimum atomic E-state index is -0.320. The van der Waals surface area contributed by atoms with Crippen LogP contribution in [0.25, 0.3) is 11.3 Å². The maximum atomic E-state index is 11.5. The van der Waals surface area contributed by atoms with Crippen molar-refractivity contribution in [2.45, 2.75) is 26.3 Å². The Morgan fingerprint density at radius 2 is 2.14 bits per heavy atom. The first-order valence-electron chi connectivity index (χ1n) is 7.10. The minimum absolute atomic E-state index is 0.0542. The summed E-state index contributed by atoms with van der Waals surface area (Å²) in [4.78, 5) is 15.9. The van der Waals surface area contributed by atoms with Crippen LogP contribution >= 0.6 is 0 Å². The summed E-state index contributed by atoms with van der Waals surface area (Å²) in [6.45, 7) is 4.35. The third-order valence-corrected chi connectivity index (χ3v) is 3.62. The molecule has 3 rings (SSSR count). The molecule has 0 aliphatic carbocycles. The highest BCUT2D eigenvalue weighted by molar-refractivity contribution is 5.86. The van der Waals surface area contributed by atoms with E-state index in [1.54, 1.807) is 19.1 Å². The average molecular weight is 299 g/mol. The molecule has 7 heteroatoms. The van der Waals surface area contributed by atoms with Crippen LogP contribution < -0.4 is 10.6 Å². The van der Waals surface area contributed by atoms with Gasteiger partial charge in [-0.15, -0.1) is 10.2 Å². The van der Waals surface area contributed by atoms with E-state index in [-0.39, 0.29) is 17.7 Å². The number of benzene rings is 1. The first-order valence-corrected chi connectivity index (χ1v) is 7.10. The van der Waals surface area contributed by atoms with Gasteiger partial charge in [0, 0.05) is 12.1 Å². The number of nitrogens with zero attached hydrogens (tertiary/aromatic N) is 3. The van der Waals surface area contributed by atoms with E-state index in [2.05, 4.69) is 25.8 Å². The van der Waals surface area contributed by atoms with Crippen molar-refractivity contribution in [2.75, 3.05) is 11.9 Å². The largest absolute Gasteiger partial charge is 0.507 e. The summed E-state index contributed by atoms with van der Waals surface area (Å²) in [5, 5.41) is 23.9. The Labute approximate surface area is 127 Å². The summed E-state index contributed by atoms with van der Waals surface area (Å²) in [6.07, 6.45) is 0.696. The topological polar surface area (TPSA) is 100 Å². The van der Waals surface area contributed by atoms with Gasteiger partial charge in [-0.3, -0.25) is 4.79 Å². The molecule has 0 saturated carbocycles. The summed E-state index contributed by atoms with van der Waals surface area (Å²) in [5.74, 6) is 0.409. The molecule has 0 radical (unpaired) electrons. The molecule has 7 nitrogen and oxygen atoms in total. The molecule has 2 aromatic rings. The summed E-state index contributed by atoms with van der Waals surface area (Å²) in [5.41, 5.74) is 2.72. The van der Waals surface area contributed by atoms with Gasteiger partial charge in [-0.05, 0) is 38.0 Å². The Hall–Kier alpha value is -2.70. The highest BCUT2D eigenvalue weighted by Crippen LogP contribution is 2.29. The van der Waals surface area contributed by atoms with E-state index in [0.29, 0.717) is 35.9 Å². The normalized spacial score (nSPS) is 17.4. The van der Waals surface area contributed by atoms with Crippen LogP contribution in [0.5, 0.6) is 5.75 Å². The van der Waals surface area contributed by atoms with Gasteiger partial charge in [-0.25, -0.2) is 4.98 Å². The molecule has 1 atom stereocenters. The average Bonchev–Trinajstić information content (AvgIpc) is 2.86. The molecule has 22 heavy (non-hydrogen) atoms. The molecular weight excluding hydrogens is 282 g/mol. The number of amides is 1. The number of hydrogen-bond acceptors (Lipinski definition) is 6. The molecule has 1 amide bonds. The summed E-state index contributed by atoms with van der Waals surface area (Å²) in [6, 6.07) is 5.04. The second kappa shape index (κ2) is 5.59. The Bertz CT molecular complexity index is 732. The van der Waals surface area contributed by atoms with E-state index in [1.165, 1.54) is 0 Å². The summed E-state index contributed by atoms with van der Waals surface area (Å²) >= 11 is 0. The number of aromatic hydroxyl groups is 1. The van der Waals surface area contributed by atoms with Crippen molar-refractivity contribution in [3.8, 4) is 17.0 Å². The second-order valence-electron chi connectivity index (χ2n) is 5.37. The Morgan fingerprint density at radius 3 is 2.77 bits per heavy atom. The molecule has 1 fully saturated rings. The molecule has 3 N–H and O–H groups in total. The van der Waals surface area contributed by atoms with E-state index >= 15 is 0 Å². The third kappa shape index (κ3) is 2.69. The number of anilines is 1. The van der Waals surface area contributed by atoms with Crippen LogP contribution in [0.2, 0.25) is 0 Å². The van der Waals surface area contributed by atoms with Crippen LogP contribution in [-0.2, 0) is 4.79 Å². The molecule has 0 bridgehead atoms. The lowest BCUT2D eigenvalue weighted by Crippen LogP contribution is -2.30. The molecular formula is C15H17N5O2. The van der Waals surface area contributed by atoms with Gasteiger partial charge in [-0.1, -0.05) is 6.07 Å². The monoisotopic (exact) mass is 299 g/mol. The fraction of sp³-hybridized carbons (Fsp3) is 0.333. The fourth-order valence-corrected chi connectivity index (χ4v) is 2.44. The van der Waals surface area contributed by atoms with E-state index in [9.17, 15) is 9.90 Å². The highest BCUT2D eigenvalue weighted by atomic mass is 16.3. The van der Waals surface area contributed by atoms with E-state index < -0.39 is 0 Å². The summed E-state index contributed by atoms with van der Waals surface area (Å²) < 4.78 is 0. The smallest absolute Gasteiger partial charge is 0.243 e. The lowest BCUT2D eigenvalue weighted by Gasteiger charge is -2.11. The van der Waals surface area contributed by atoms with E-state index in [4.69, 9.17) is 0 Å². The first-order chi connectivity index (χ1) is 10.5. The lowest BCUT2D eigenvalue weighted by atomic mass is 10.1. The Kier molecular flexibility index (Phi) is 3.62. The number of nitrogens with one attached hydrogen (secondary N) is 2. The van der Waals surface area contributed by atoms with E-state index in [0.717, 1.165) is 5.56 Å². The zero-order valence-corrected chi connectivity index (χ0v) is 12.4. The van der Waals surface area contributed by atoms with Gasteiger partial charge in [0.2, 0.25) is 11.9 Å². The van der Waals surface area contributed by atoms with Crippen LogP contribution in [0.3, 0.4) is 0 Å². The number of aromatic nitrogens is 3. The molecule has 1 aliphatic heterocycles. The van der Waals surface area contributed by atoms with Crippen molar-refractivity contribution in [1.82, 2.24) is 20.5 Å². The number of rotatable bonds is 3. The first kappa shape index (κ1) is 14.2. The molecule has 1 aromatic heterocycles. The summed E-state index contributed by atoms with van der Waals surface area (Å²) in [7, 11) is 0. The predicted molar refractivity (Wildman–Crippen MR) is 81.4 cm³/mol. The van der Waals surface area contributed by atoms with Crippen LogP contribution in [0.4, 0.5) is 5.95 Å². The van der Waals surface area contributed by atoms with Crippen molar-refractivity contribution in [2.24, 2.45) is 0 Å². The van der Waals surface area contributed by atoms with Gasteiger partial charge >= 0.3 is 0 Å². The SMILES string of the molecule is Cc1ccc(-c2nnc(N[C@H]3CCNC3=O)nc2C)c(O)c1. The Balaban J connectivity index is 1.87. The van der Waals surface area contributed by atoms with Crippen LogP contribution in [0, 0.1) is 13.8 Å². The van der Waals surface area contributed by atoms with Gasteiger partial charge in [-0.2, -0.15) is 0 Å². The standard InChI is InChI=1S/C15H17N5O2/c1-8-3-4-10(12(21)7-8)13-9(2)17-15(20-19-13)18-11-5-6-16-14(11)22/h3-4,7,11,21H,5-6H2,1-2H3,(H,16,22)(H,17,18,20)/t11-/m0/s1. The van der Waals surface area contributed by atoms with Crippen LogP contribution in [0.1, 0.15) is 17.7 Å². The van der Waals surface area contributed by atoms with Gasteiger partial charge in [0.25, 0.3) is 0 Å². The van der Waals surface area contributed by atoms with Crippen molar-refractivity contribution in [3.63, 3.8) is 0 Å². The highest BCUT2D eigenvalue weighted by Gasteiger charge is 2.25. The van der Waals surface area contributed by atoms with Gasteiger partial charge < -0.3 is 15.7 Å². The fourth-order valence-electron chi connectivity index (χ4n) is 2.44. The number of phenolic OH excluding ortho intramolecular Hbond substituents is 1. The van der Waals surface area contributed by atoms with Crippen molar-refractivity contribution in [1.29, 1.82) is 0 Å². The number of phenols is 1. The molecule has 0 spiro atoms. The predicted octanol–water partition coefficient (Wildman–Crippen LogP) is 1.16. The van der Waals surface area contributed by atoms with Gasteiger partial charge in [0.15, 0.2) is 0 Å². The lowest BCUT2D eigenvalue weighted by molar-refractivity contribution is -0.119. The maximum absolute atomic E-state index is 11.5. The quantitative estimate of drug-likeness (QED) is 0.786. The number of carbonyl (C=O) groups excluding carboxylic acids is 1. The molecule has 1 aromatic carbocycles. The molecule has 1 aliphatic rings. The minimum Gasteiger partial charge on any atom is -0.507 e. The van der Waals surface area contributed by atoms with Gasteiger partial charge in [0.05, 0.1) is 5.69 Å². The van der Waals surface area contributed by atoms with E-state index in [1.807, 2.05) is 13.0 Å². The molecule has 1 saturated heterocycles. The van der Waals surface area contributed by atoms with Crippen molar-refractivity contribution in [3.05, 3.63) is 29.5 Å². The maximum Gasteiger partial charge on any atom is 0.243 e. The van der Waals surface area contributed by atoms with Crippen LogP contribution in [0.15, 0.2) is 18.2 Å².